The molecule has 3 nitrogen and oxygen atoms in total. The second kappa shape index (κ2) is 7.77. The number of ether oxygens (including phenoxy) is 2. The zero-order chi connectivity index (χ0) is 13.5. The maximum Gasteiger partial charge on any atom is 0.125 e. The molecule has 1 aromatic carbocycles. The third kappa shape index (κ3) is 4.59. The number of benzene rings is 1. The summed E-state index contributed by atoms with van der Waals surface area (Å²) >= 11 is 3.52. The molecule has 1 aromatic rings. The molecule has 0 aliphatic heterocycles. The summed E-state index contributed by atoms with van der Waals surface area (Å²) in [6, 6.07) is 4.32. The van der Waals surface area contributed by atoms with Gasteiger partial charge in [0.25, 0.3) is 0 Å². The minimum Gasteiger partial charge on any atom is -0.491 e. The van der Waals surface area contributed by atoms with Crippen LogP contribution in [0.25, 0.3) is 0 Å². The van der Waals surface area contributed by atoms with Crippen LogP contribution in [0.2, 0.25) is 0 Å². The van der Waals surface area contributed by atoms with Crippen LogP contribution in [0.1, 0.15) is 24.5 Å². The van der Waals surface area contributed by atoms with Gasteiger partial charge in [0.15, 0.2) is 0 Å². The van der Waals surface area contributed by atoms with Crippen molar-refractivity contribution < 1.29 is 9.47 Å². The highest BCUT2D eigenvalue weighted by Crippen LogP contribution is 2.29. The third-order valence-corrected chi connectivity index (χ3v) is 3.31. The molecule has 4 heteroatoms. The second-order valence-electron chi connectivity index (χ2n) is 4.42. The second-order valence-corrected chi connectivity index (χ2v) is 5.34. The molecule has 0 aliphatic carbocycles. The van der Waals surface area contributed by atoms with Gasteiger partial charge in [-0.15, -0.1) is 0 Å². The van der Waals surface area contributed by atoms with E-state index in [-0.39, 0.29) is 6.04 Å². The highest BCUT2D eigenvalue weighted by Gasteiger charge is 2.12. The summed E-state index contributed by atoms with van der Waals surface area (Å²) < 4.78 is 11.9. The summed E-state index contributed by atoms with van der Waals surface area (Å²) in [6.45, 7) is 5.30. The zero-order valence-electron chi connectivity index (χ0n) is 11.3. The van der Waals surface area contributed by atoms with E-state index in [1.165, 1.54) is 0 Å². The van der Waals surface area contributed by atoms with Crippen molar-refractivity contribution in [1.82, 2.24) is 0 Å². The van der Waals surface area contributed by atoms with Gasteiger partial charge in [-0.25, -0.2) is 0 Å². The van der Waals surface area contributed by atoms with E-state index in [0.29, 0.717) is 13.2 Å². The van der Waals surface area contributed by atoms with Crippen molar-refractivity contribution in [3.05, 3.63) is 27.7 Å². The molecule has 0 heterocycles. The lowest BCUT2D eigenvalue weighted by atomic mass is 10.0. The van der Waals surface area contributed by atoms with Crippen LogP contribution in [-0.4, -0.2) is 26.4 Å². The van der Waals surface area contributed by atoms with Gasteiger partial charge in [0.05, 0.1) is 6.61 Å². The Balaban J connectivity index is 2.89. The van der Waals surface area contributed by atoms with Crippen molar-refractivity contribution in [2.75, 3.05) is 20.3 Å². The van der Waals surface area contributed by atoms with E-state index >= 15 is 0 Å². The lowest BCUT2D eigenvalue weighted by molar-refractivity contribution is 0.145. The molecule has 102 valence electrons. The Morgan fingerprint density at radius 1 is 1.33 bits per heavy atom. The highest BCUT2D eigenvalue weighted by molar-refractivity contribution is 9.10. The molecule has 0 saturated heterocycles. The summed E-state index contributed by atoms with van der Waals surface area (Å²) in [7, 11) is 1.67. The monoisotopic (exact) mass is 315 g/mol. The topological polar surface area (TPSA) is 44.5 Å². The molecule has 0 spiro atoms. The molecular formula is C14H22BrNO2. The fourth-order valence-electron chi connectivity index (χ4n) is 1.81. The first-order valence-corrected chi connectivity index (χ1v) is 7.04. The van der Waals surface area contributed by atoms with Crippen molar-refractivity contribution in [3.8, 4) is 5.75 Å². The van der Waals surface area contributed by atoms with Crippen LogP contribution in [0, 0.1) is 6.92 Å². The number of hydrogen-bond acceptors (Lipinski definition) is 3. The molecule has 1 rings (SSSR count). The van der Waals surface area contributed by atoms with Gasteiger partial charge in [0.2, 0.25) is 0 Å². The molecular weight excluding hydrogens is 294 g/mol. The standard InChI is InChI=1S/C14H22BrNO2/c1-4-13(16)9-11-8-12(15)7-10(2)14(11)18-6-5-17-3/h7-8,13H,4-6,9,16H2,1-3H3. The fourth-order valence-corrected chi connectivity index (χ4v) is 2.43. The molecule has 1 unspecified atom stereocenters. The van der Waals surface area contributed by atoms with Crippen LogP contribution < -0.4 is 10.5 Å². The molecule has 0 fully saturated rings. The van der Waals surface area contributed by atoms with E-state index in [1.807, 2.05) is 6.92 Å². The van der Waals surface area contributed by atoms with Crippen molar-refractivity contribution in [2.24, 2.45) is 5.73 Å². The van der Waals surface area contributed by atoms with Gasteiger partial charge in [-0.1, -0.05) is 22.9 Å². The molecule has 0 aliphatic rings. The van der Waals surface area contributed by atoms with Crippen LogP contribution >= 0.6 is 15.9 Å². The first-order chi connectivity index (χ1) is 8.58. The van der Waals surface area contributed by atoms with Gasteiger partial charge in [-0.2, -0.15) is 0 Å². The number of methoxy groups -OCH3 is 1. The Hall–Kier alpha value is -0.580. The summed E-state index contributed by atoms with van der Waals surface area (Å²) in [5.74, 6) is 0.944. The van der Waals surface area contributed by atoms with Crippen LogP contribution in [0.4, 0.5) is 0 Å². The first kappa shape index (κ1) is 15.5. The minimum absolute atomic E-state index is 0.170. The van der Waals surface area contributed by atoms with E-state index in [1.54, 1.807) is 7.11 Å². The van der Waals surface area contributed by atoms with Crippen LogP contribution in [0.5, 0.6) is 5.75 Å². The predicted molar refractivity (Wildman–Crippen MR) is 78.2 cm³/mol. The largest absolute Gasteiger partial charge is 0.491 e. The molecule has 0 radical (unpaired) electrons. The summed E-state index contributed by atoms with van der Waals surface area (Å²) in [5.41, 5.74) is 8.32. The van der Waals surface area contributed by atoms with Gasteiger partial charge >= 0.3 is 0 Å². The quantitative estimate of drug-likeness (QED) is 0.786. The lowest BCUT2D eigenvalue weighted by Gasteiger charge is -2.17. The van der Waals surface area contributed by atoms with Crippen molar-refractivity contribution >= 4 is 15.9 Å². The van der Waals surface area contributed by atoms with E-state index in [2.05, 4.69) is 35.0 Å². The van der Waals surface area contributed by atoms with Crippen molar-refractivity contribution in [3.63, 3.8) is 0 Å². The summed E-state index contributed by atoms with van der Waals surface area (Å²) in [5, 5.41) is 0. The van der Waals surface area contributed by atoms with Gasteiger partial charge in [-0.3, -0.25) is 0 Å². The molecule has 1 atom stereocenters. The number of hydrogen-bond donors (Lipinski definition) is 1. The molecule has 0 bridgehead atoms. The first-order valence-electron chi connectivity index (χ1n) is 6.24. The summed E-state index contributed by atoms with van der Waals surface area (Å²) in [6.07, 6.45) is 1.79. The van der Waals surface area contributed by atoms with Gasteiger partial charge in [-0.05, 0) is 43.0 Å². The molecule has 0 saturated carbocycles. The van der Waals surface area contributed by atoms with E-state index < -0.39 is 0 Å². The molecule has 0 aromatic heterocycles. The number of rotatable bonds is 7. The van der Waals surface area contributed by atoms with Crippen molar-refractivity contribution in [1.29, 1.82) is 0 Å². The van der Waals surface area contributed by atoms with E-state index in [0.717, 1.165) is 34.2 Å². The SMILES string of the molecule is CCC(N)Cc1cc(Br)cc(C)c1OCCOC. The Labute approximate surface area is 118 Å². The maximum absolute atomic E-state index is 6.03. The average Bonchev–Trinajstić information content (AvgIpc) is 2.32. The smallest absolute Gasteiger partial charge is 0.125 e. The lowest BCUT2D eigenvalue weighted by Crippen LogP contribution is -2.22. The van der Waals surface area contributed by atoms with Crippen LogP contribution in [0.3, 0.4) is 0 Å². The third-order valence-electron chi connectivity index (χ3n) is 2.86. The van der Waals surface area contributed by atoms with E-state index in [4.69, 9.17) is 15.2 Å². The van der Waals surface area contributed by atoms with Crippen LogP contribution in [-0.2, 0) is 11.2 Å². The van der Waals surface area contributed by atoms with E-state index in [9.17, 15) is 0 Å². The van der Waals surface area contributed by atoms with Gasteiger partial charge in [0, 0.05) is 17.6 Å². The predicted octanol–water partition coefficient (Wildman–Crippen LogP) is 3.06. The summed E-state index contributed by atoms with van der Waals surface area (Å²) in [4.78, 5) is 0. The van der Waals surface area contributed by atoms with Crippen molar-refractivity contribution in [2.45, 2.75) is 32.7 Å². The number of nitrogens with two attached hydrogens (primary N) is 1. The number of halogens is 1. The van der Waals surface area contributed by atoms with Gasteiger partial charge < -0.3 is 15.2 Å². The fraction of sp³-hybridized carbons (Fsp3) is 0.571. The Kier molecular flexibility index (Phi) is 6.68. The zero-order valence-corrected chi connectivity index (χ0v) is 12.9. The Bertz CT molecular complexity index is 382. The Morgan fingerprint density at radius 3 is 2.67 bits per heavy atom. The van der Waals surface area contributed by atoms with Gasteiger partial charge in [0.1, 0.15) is 12.4 Å². The Morgan fingerprint density at radius 2 is 2.06 bits per heavy atom. The molecule has 2 N–H and O–H groups in total. The van der Waals surface area contributed by atoms with Crippen LogP contribution in [0.15, 0.2) is 16.6 Å². The number of aryl methyl sites for hydroxylation is 1. The normalized spacial score (nSPS) is 12.5. The molecule has 0 amide bonds. The maximum atomic E-state index is 6.03. The average molecular weight is 316 g/mol. The minimum atomic E-state index is 0.170. The highest BCUT2D eigenvalue weighted by atomic mass is 79.9. The molecule has 18 heavy (non-hydrogen) atoms.